The molecule has 2 fully saturated rings. The van der Waals surface area contributed by atoms with Gasteiger partial charge in [-0.3, -0.25) is 19.7 Å². The summed E-state index contributed by atoms with van der Waals surface area (Å²) >= 11 is 0. The monoisotopic (exact) mass is 687 g/mol. The number of hydrogen-bond acceptors (Lipinski definition) is 13. The summed E-state index contributed by atoms with van der Waals surface area (Å²) in [5, 5.41) is 44.5. The number of ether oxygens (including phenoxy) is 5. The number of rotatable bonds is 5. The third-order valence-corrected chi connectivity index (χ3v) is 8.32. The fourth-order valence-corrected chi connectivity index (χ4v) is 5.80. The Morgan fingerprint density at radius 1 is 0.980 bits per heavy atom. The molecule has 3 atom stereocenters. The summed E-state index contributed by atoms with van der Waals surface area (Å²) in [5.74, 6) is -2.99. The molecule has 13 nitrogen and oxygen atoms in total. The Bertz CT molecular complexity index is 1430. The molecule has 0 bridgehead atoms. The van der Waals surface area contributed by atoms with E-state index in [-0.39, 0.29) is 70.9 Å². The minimum Gasteiger partial charge on any atom is -0.507 e. The maximum Gasteiger partial charge on any atom is 0.202 e. The number of phenolic OH excluding ortho intramolecular Hbond substituents is 2. The molecule has 0 amide bonds. The number of aliphatic hydroxyl groups is 2. The number of methoxy groups -OCH3 is 3. The molecule has 4 aliphatic rings. The van der Waals surface area contributed by atoms with Crippen molar-refractivity contribution in [2.24, 2.45) is 0 Å². The Morgan fingerprint density at radius 2 is 1.65 bits per heavy atom. The second-order valence-corrected chi connectivity index (χ2v) is 11.0. The van der Waals surface area contributed by atoms with E-state index < -0.39 is 41.1 Å². The molecule has 0 aromatic heterocycles. The van der Waals surface area contributed by atoms with Gasteiger partial charge in [-0.05, 0) is 38.2 Å². The first-order chi connectivity index (χ1) is 23.6. The van der Waals surface area contributed by atoms with Gasteiger partial charge in [-0.1, -0.05) is 26.0 Å². The third kappa shape index (κ3) is 9.43. The number of carbonyl (C=O) groups is 3. The van der Waals surface area contributed by atoms with E-state index >= 15 is 0 Å². The molecule has 0 saturated carbocycles. The lowest BCUT2D eigenvalue weighted by Gasteiger charge is -2.34. The number of carbonyl (C=O) groups excluding carboxylic acids is 3. The number of terminal acetylenes is 1. The van der Waals surface area contributed by atoms with Crippen molar-refractivity contribution in [3.8, 4) is 30.1 Å². The maximum atomic E-state index is 13.1. The lowest BCUT2D eigenvalue weighted by atomic mass is 9.73. The Kier molecular flexibility index (Phi) is 16.8. The second-order valence-electron chi connectivity index (χ2n) is 11.0. The molecule has 0 unspecified atom stereocenters. The van der Waals surface area contributed by atoms with Gasteiger partial charge in [0.2, 0.25) is 5.78 Å². The van der Waals surface area contributed by atoms with Crippen molar-refractivity contribution in [1.29, 1.82) is 0 Å². The molecule has 2 aliphatic heterocycles. The van der Waals surface area contributed by atoms with Crippen LogP contribution in [0.2, 0.25) is 0 Å². The van der Waals surface area contributed by atoms with Crippen molar-refractivity contribution < 1.29 is 58.5 Å². The molecular formula is C36H49NO12. The molecule has 2 saturated heterocycles. The Balaban J connectivity index is 0.000000339. The minimum absolute atomic E-state index is 0.00456. The topological polar surface area (TPSA) is 190 Å². The molecular weight excluding hydrogens is 638 g/mol. The van der Waals surface area contributed by atoms with Crippen molar-refractivity contribution in [3.63, 3.8) is 0 Å². The van der Waals surface area contributed by atoms with Crippen LogP contribution in [0.15, 0.2) is 18.2 Å². The van der Waals surface area contributed by atoms with Crippen LogP contribution in [0.3, 0.4) is 0 Å². The van der Waals surface area contributed by atoms with Crippen LogP contribution >= 0.6 is 0 Å². The number of aliphatic hydroxyl groups excluding tert-OH is 1. The van der Waals surface area contributed by atoms with Gasteiger partial charge in [-0.25, -0.2) is 0 Å². The van der Waals surface area contributed by atoms with Crippen LogP contribution in [0.25, 0.3) is 0 Å². The van der Waals surface area contributed by atoms with Crippen LogP contribution < -0.4 is 10.1 Å². The number of Topliss-reactive ketones (excluding diaryl/α,β-unsaturated/α-hetero) is 1. The predicted octanol–water partition coefficient (Wildman–Crippen LogP) is 2.68. The first-order valence-electron chi connectivity index (χ1n) is 16.2. The van der Waals surface area contributed by atoms with Crippen LogP contribution in [0.1, 0.15) is 82.5 Å². The first-order valence-corrected chi connectivity index (χ1v) is 16.2. The highest BCUT2D eigenvalue weighted by Crippen LogP contribution is 2.48. The SMILES string of the molecule is C#C.CC.CO[C@@H]1COCCN1.CO[C@H]1CCCCO1.COc1cccc2c1C(=O)c1c(O)c3c(c(O)c1C2=O)C[C@@](O)(C(=O)CO)CC3. The van der Waals surface area contributed by atoms with E-state index in [1.807, 2.05) is 13.8 Å². The summed E-state index contributed by atoms with van der Waals surface area (Å²) in [6, 6.07) is 4.47. The quantitative estimate of drug-likeness (QED) is 0.195. The van der Waals surface area contributed by atoms with E-state index in [2.05, 4.69) is 18.2 Å². The van der Waals surface area contributed by atoms with Crippen LogP contribution in [-0.2, 0) is 36.6 Å². The third-order valence-electron chi connectivity index (χ3n) is 8.32. The van der Waals surface area contributed by atoms with Gasteiger partial charge in [0.25, 0.3) is 0 Å². The molecule has 270 valence electrons. The summed E-state index contributed by atoms with van der Waals surface area (Å²) in [4.78, 5) is 38.2. The molecule has 2 heterocycles. The lowest BCUT2D eigenvalue weighted by molar-refractivity contribution is -0.145. The van der Waals surface area contributed by atoms with E-state index in [1.165, 1.54) is 38.2 Å². The van der Waals surface area contributed by atoms with Crippen LogP contribution in [-0.4, -0.2) is 110 Å². The summed E-state index contributed by atoms with van der Waals surface area (Å²) in [7, 11) is 4.72. The zero-order valence-corrected chi connectivity index (χ0v) is 28.9. The van der Waals surface area contributed by atoms with Gasteiger partial charge < -0.3 is 44.1 Å². The maximum absolute atomic E-state index is 13.1. The molecule has 5 N–H and O–H groups in total. The average molecular weight is 688 g/mol. The second kappa shape index (κ2) is 20.0. The summed E-state index contributed by atoms with van der Waals surface area (Å²) in [6.45, 7) is 6.38. The summed E-state index contributed by atoms with van der Waals surface area (Å²) in [6.07, 6.45) is 11.2. The zero-order chi connectivity index (χ0) is 36.7. The van der Waals surface area contributed by atoms with Crippen molar-refractivity contribution >= 4 is 17.3 Å². The summed E-state index contributed by atoms with van der Waals surface area (Å²) < 4.78 is 25.4. The van der Waals surface area contributed by atoms with Gasteiger partial charge in [-0.15, -0.1) is 12.8 Å². The highest BCUT2D eigenvalue weighted by atomic mass is 16.7. The normalized spacial score (nSPS) is 21.9. The fraction of sp³-hybridized carbons (Fsp3) is 0.528. The lowest BCUT2D eigenvalue weighted by Crippen LogP contribution is -2.45. The molecule has 2 aromatic carbocycles. The standard InChI is InChI=1S/C21H18O8.C6H12O2.C5H11NO2.C2H6.C2H2/c1-29-12-4-2-3-10-14(12)20(27)16-15(18(10)25)19(26)11-7-21(28,13(23)8-22)6-5-9(11)17(16)24;1-7-6-4-2-3-5-8-6;1-7-5-4-8-3-2-6-5;2*1-2/h2-4,22,24,26,28H,5-8H2,1H3;6H,2-5H2,1H3;5-6H,2-4H2,1H3;1-2H3;1-2H/t21-;6-;5-;;/m111../s1. The van der Waals surface area contributed by atoms with Gasteiger partial charge in [0.05, 0.1) is 37.0 Å². The smallest absolute Gasteiger partial charge is 0.202 e. The van der Waals surface area contributed by atoms with Crippen LogP contribution in [0.4, 0.5) is 0 Å². The molecule has 6 rings (SSSR count). The number of benzene rings is 2. The minimum atomic E-state index is -1.93. The van der Waals surface area contributed by atoms with Crippen molar-refractivity contribution in [2.75, 3.05) is 54.3 Å². The number of fused-ring (bicyclic) bond motifs is 3. The van der Waals surface area contributed by atoms with E-state index in [0.29, 0.717) is 6.61 Å². The van der Waals surface area contributed by atoms with Crippen LogP contribution in [0, 0.1) is 12.8 Å². The predicted molar refractivity (Wildman–Crippen MR) is 180 cm³/mol. The van der Waals surface area contributed by atoms with Gasteiger partial charge in [0, 0.05) is 50.5 Å². The van der Waals surface area contributed by atoms with Gasteiger partial charge in [-0.2, -0.15) is 0 Å². The highest BCUT2D eigenvalue weighted by molar-refractivity contribution is 6.31. The molecule has 49 heavy (non-hydrogen) atoms. The Labute approximate surface area is 287 Å². The number of nitrogens with one attached hydrogen (secondary N) is 1. The number of aromatic hydroxyl groups is 2. The number of hydrogen-bond donors (Lipinski definition) is 5. The Morgan fingerprint density at radius 3 is 2.16 bits per heavy atom. The number of phenols is 2. The van der Waals surface area contributed by atoms with E-state index in [1.54, 1.807) is 14.2 Å². The first kappa shape index (κ1) is 41.3. The van der Waals surface area contributed by atoms with Crippen molar-refractivity contribution in [3.05, 3.63) is 51.6 Å². The van der Waals surface area contributed by atoms with Crippen LogP contribution in [0.5, 0.6) is 17.2 Å². The van der Waals surface area contributed by atoms with Gasteiger partial charge in [0.1, 0.15) is 35.7 Å². The summed E-state index contributed by atoms with van der Waals surface area (Å²) in [5.41, 5.74) is -2.38. The largest absolute Gasteiger partial charge is 0.507 e. The van der Waals surface area contributed by atoms with E-state index in [9.17, 15) is 29.7 Å². The van der Waals surface area contributed by atoms with Gasteiger partial charge >= 0.3 is 0 Å². The zero-order valence-electron chi connectivity index (χ0n) is 28.9. The van der Waals surface area contributed by atoms with Crippen molar-refractivity contribution in [1.82, 2.24) is 5.32 Å². The molecule has 0 radical (unpaired) electrons. The highest BCUT2D eigenvalue weighted by Gasteiger charge is 2.45. The molecule has 2 aromatic rings. The van der Waals surface area contributed by atoms with E-state index in [0.717, 1.165) is 26.2 Å². The number of ketones is 3. The van der Waals surface area contributed by atoms with Crippen molar-refractivity contribution in [2.45, 2.75) is 70.5 Å². The molecule has 0 spiro atoms. The molecule has 2 aliphatic carbocycles. The molecule has 13 heteroatoms. The van der Waals surface area contributed by atoms with Gasteiger partial charge in [0.15, 0.2) is 17.9 Å². The average Bonchev–Trinajstić information content (AvgIpc) is 3.17. The number of morpholine rings is 1. The van der Waals surface area contributed by atoms with E-state index in [4.69, 9.17) is 28.8 Å². The Hall–Kier alpha value is -3.87. The fourth-order valence-electron chi connectivity index (χ4n) is 5.80.